The van der Waals surface area contributed by atoms with E-state index in [2.05, 4.69) is 10.7 Å². The molecule has 1 fully saturated rings. The molecule has 4 rings (SSSR count). The van der Waals surface area contributed by atoms with E-state index in [1.165, 1.54) is 15.6 Å². The van der Waals surface area contributed by atoms with Crippen molar-refractivity contribution < 1.29 is 28.2 Å². The highest BCUT2D eigenvalue weighted by atomic mass is 19.1. The van der Waals surface area contributed by atoms with Crippen LogP contribution in [0.1, 0.15) is 46.2 Å². The van der Waals surface area contributed by atoms with Crippen LogP contribution in [0.4, 0.5) is 8.78 Å². The Morgan fingerprint density at radius 2 is 2.12 bits per heavy atom. The molecule has 0 aliphatic carbocycles. The second-order valence-corrected chi connectivity index (χ2v) is 7.78. The first-order valence-corrected chi connectivity index (χ1v) is 10.1. The summed E-state index contributed by atoms with van der Waals surface area (Å²) in [7, 11) is 1.55. The van der Waals surface area contributed by atoms with Crippen LogP contribution in [0.2, 0.25) is 0 Å². The van der Waals surface area contributed by atoms with Crippen LogP contribution in [-0.4, -0.2) is 51.9 Å². The minimum absolute atomic E-state index is 0.0183. The van der Waals surface area contributed by atoms with Crippen LogP contribution in [-0.2, 0) is 11.3 Å². The predicted molar refractivity (Wildman–Crippen MR) is 109 cm³/mol. The van der Waals surface area contributed by atoms with E-state index >= 15 is 0 Å². The number of hydrogen-bond acceptors (Lipinski definition) is 6. The van der Waals surface area contributed by atoms with Crippen LogP contribution in [0, 0.1) is 11.6 Å². The molecule has 170 valence electrons. The predicted octanol–water partition coefficient (Wildman–Crippen LogP) is 1.29. The number of halogens is 2. The molecule has 0 bridgehead atoms. The third kappa shape index (κ3) is 3.29. The fraction of sp³-hybridized carbons (Fsp3) is 0.381. The Labute approximate surface area is 181 Å². The summed E-state index contributed by atoms with van der Waals surface area (Å²) in [6.45, 7) is 2.00. The van der Waals surface area contributed by atoms with E-state index in [0.717, 1.165) is 12.3 Å². The molecule has 1 spiro atoms. The van der Waals surface area contributed by atoms with Crippen molar-refractivity contribution in [2.24, 2.45) is 0 Å². The summed E-state index contributed by atoms with van der Waals surface area (Å²) in [5, 5.41) is 12.8. The molecule has 3 N–H and O–H groups in total. The Morgan fingerprint density at radius 3 is 2.81 bits per heavy atom. The van der Waals surface area contributed by atoms with Gasteiger partial charge in [-0.1, -0.05) is 13.0 Å². The third-order valence-corrected chi connectivity index (χ3v) is 6.01. The molecular weight excluding hydrogens is 426 g/mol. The zero-order valence-electron chi connectivity index (χ0n) is 17.4. The van der Waals surface area contributed by atoms with Crippen molar-refractivity contribution in [3.63, 3.8) is 0 Å². The molecule has 1 aromatic heterocycles. The number of pyridine rings is 1. The SMILES string of the molecule is CCC1OCCC12Nn1cc(C(=O)NCc3ccc(F)cc3F)c(=O)c(O)c1C(=O)N2C. The molecule has 11 heteroatoms. The average Bonchev–Trinajstić information content (AvgIpc) is 3.16. The van der Waals surface area contributed by atoms with Crippen molar-refractivity contribution in [1.82, 2.24) is 14.9 Å². The highest BCUT2D eigenvalue weighted by Gasteiger charge is 2.52. The topological polar surface area (TPSA) is 113 Å². The number of rotatable bonds is 4. The van der Waals surface area contributed by atoms with Crippen molar-refractivity contribution in [2.75, 3.05) is 19.1 Å². The minimum atomic E-state index is -1.04. The van der Waals surface area contributed by atoms with Gasteiger partial charge in [0, 0.05) is 37.8 Å². The second-order valence-electron chi connectivity index (χ2n) is 7.78. The Kier molecular flexibility index (Phi) is 5.37. The van der Waals surface area contributed by atoms with Gasteiger partial charge in [0.25, 0.3) is 11.8 Å². The van der Waals surface area contributed by atoms with Crippen molar-refractivity contribution in [3.05, 3.63) is 63.1 Å². The van der Waals surface area contributed by atoms with E-state index in [-0.39, 0.29) is 23.9 Å². The number of benzene rings is 1. The number of amides is 2. The summed E-state index contributed by atoms with van der Waals surface area (Å²) in [6, 6.07) is 2.90. The average molecular weight is 448 g/mol. The van der Waals surface area contributed by atoms with Gasteiger partial charge in [0.1, 0.15) is 23.3 Å². The number of likely N-dealkylation sites (N-methyl/N-ethyl adjacent to an activating group) is 1. The van der Waals surface area contributed by atoms with Crippen LogP contribution in [0.3, 0.4) is 0 Å². The van der Waals surface area contributed by atoms with Crippen LogP contribution >= 0.6 is 0 Å². The molecule has 32 heavy (non-hydrogen) atoms. The Balaban J connectivity index is 1.67. The van der Waals surface area contributed by atoms with Gasteiger partial charge in [-0.2, -0.15) is 0 Å². The molecule has 3 heterocycles. The van der Waals surface area contributed by atoms with Crippen molar-refractivity contribution in [2.45, 2.75) is 38.1 Å². The fourth-order valence-electron chi connectivity index (χ4n) is 4.24. The highest BCUT2D eigenvalue weighted by molar-refractivity contribution is 5.99. The van der Waals surface area contributed by atoms with E-state index in [1.54, 1.807) is 7.05 Å². The quantitative estimate of drug-likeness (QED) is 0.650. The summed E-state index contributed by atoms with van der Waals surface area (Å²) in [4.78, 5) is 39.7. The summed E-state index contributed by atoms with van der Waals surface area (Å²) >= 11 is 0. The maximum atomic E-state index is 13.8. The van der Waals surface area contributed by atoms with Crippen LogP contribution < -0.4 is 16.2 Å². The highest BCUT2D eigenvalue weighted by Crippen LogP contribution is 2.36. The second kappa shape index (κ2) is 7.90. The van der Waals surface area contributed by atoms with Gasteiger partial charge in [0.2, 0.25) is 5.43 Å². The molecule has 2 atom stereocenters. The summed E-state index contributed by atoms with van der Waals surface area (Å²) in [5.74, 6) is -3.97. The lowest BCUT2D eigenvalue weighted by Gasteiger charge is -2.47. The van der Waals surface area contributed by atoms with E-state index in [0.29, 0.717) is 25.5 Å². The van der Waals surface area contributed by atoms with E-state index in [1.807, 2.05) is 6.92 Å². The molecule has 2 aliphatic heterocycles. The first-order chi connectivity index (χ1) is 15.2. The third-order valence-electron chi connectivity index (χ3n) is 6.01. The Hall–Kier alpha value is -3.47. The number of hydrogen-bond donors (Lipinski definition) is 3. The van der Waals surface area contributed by atoms with Gasteiger partial charge in [0.15, 0.2) is 17.1 Å². The first kappa shape index (κ1) is 21.8. The van der Waals surface area contributed by atoms with Gasteiger partial charge in [-0.3, -0.25) is 24.5 Å². The normalized spacial score (nSPS) is 22.1. The van der Waals surface area contributed by atoms with Gasteiger partial charge in [-0.25, -0.2) is 8.78 Å². The van der Waals surface area contributed by atoms with E-state index < -0.39 is 45.9 Å². The van der Waals surface area contributed by atoms with E-state index in [9.17, 15) is 28.3 Å². The molecule has 1 saturated heterocycles. The van der Waals surface area contributed by atoms with Crippen LogP contribution in [0.15, 0.2) is 29.2 Å². The standard InChI is InChI=1S/C21H22F2N4O5/c1-3-15-21(6-7-32-15)25-27-10-13(17(28)18(29)16(27)20(31)26(21)2)19(30)24-9-11-4-5-12(22)8-14(11)23/h4-5,8,10,15,25,29H,3,6-7,9H2,1-2H3,(H,24,30). The van der Waals surface area contributed by atoms with Crippen LogP contribution in [0.25, 0.3) is 0 Å². The van der Waals surface area contributed by atoms with Crippen LogP contribution in [0.5, 0.6) is 5.75 Å². The zero-order chi connectivity index (χ0) is 23.2. The Morgan fingerprint density at radius 1 is 1.38 bits per heavy atom. The minimum Gasteiger partial charge on any atom is -0.502 e. The summed E-state index contributed by atoms with van der Waals surface area (Å²) < 4.78 is 33.8. The molecule has 2 amide bonds. The number of nitrogens with one attached hydrogen (secondary N) is 2. The number of aromatic nitrogens is 1. The first-order valence-electron chi connectivity index (χ1n) is 10.1. The molecule has 2 aliphatic rings. The smallest absolute Gasteiger partial charge is 0.278 e. The number of aromatic hydroxyl groups is 1. The maximum Gasteiger partial charge on any atom is 0.278 e. The van der Waals surface area contributed by atoms with Gasteiger partial charge >= 0.3 is 0 Å². The number of ether oxygens (including phenoxy) is 1. The fourth-order valence-corrected chi connectivity index (χ4v) is 4.24. The molecule has 9 nitrogen and oxygen atoms in total. The lowest BCUT2D eigenvalue weighted by atomic mass is 9.96. The van der Waals surface area contributed by atoms with Gasteiger partial charge in [0.05, 0.1) is 6.61 Å². The Bertz CT molecular complexity index is 1170. The lowest BCUT2D eigenvalue weighted by molar-refractivity contribution is 0.00978. The molecule has 2 unspecified atom stereocenters. The van der Waals surface area contributed by atoms with Gasteiger partial charge in [-0.05, 0) is 12.5 Å². The molecule has 0 radical (unpaired) electrons. The van der Waals surface area contributed by atoms with Gasteiger partial charge < -0.3 is 20.1 Å². The van der Waals surface area contributed by atoms with Crippen molar-refractivity contribution >= 4 is 11.8 Å². The van der Waals surface area contributed by atoms with Gasteiger partial charge in [-0.15, -0.1) is 0 Å². The van der Waals surface area contributed by atoms with E-state index in [4.69, 9.17) is 4.74 Å². The number of fused-ring (bicyclic) bond motifs is 1. The largest absolute Gasteiger partial charge is 0.502 e. The monoisotopic (exact) mass is 448 g/mol. The maximum absolute atomic E-state index is 13.8. The van der Waals surface area contributed by atoms with Crippen molar-refractivity contribution in [1.29, 1.82) is 0 Å². The number of carbonyl (C=O) groups is 2. The number of carbonyl (C=O) groups excluding carboxylic acids is 2. The molecule has 2 aromatic rings. The molecule has 0 saturated carbocycles. The summed E-state index contributed by atoms with van der Waals surface area (Å²) in [6.07, 6.45) is 1.85. The molecule has 1 aromatic carbocycles. The summed E-state index contributed by atoms with van der Waals surface area (Å²) in [5.41, 5.74) is 0.446. The molecular formula is C21H22F2N4O5. The number of nitrogens with zero attached hydrogens (tertiary/aromatic N) is 2. The van der Waals surface area contributed by atoms with Crippen molar-refractivity contribution in [3.8, 4) is 5.75 Å². The lowest BCUT2D eigenvalue weighted by Crippen LogP contribution is -2.66. The zero-order valence-corrected chi connectivity index (χ0v) is 17.4.